The molecular formula is C16H32IN3O3. The predicted octanol–water partition coefficient (Wildman–Crippen LogP) is 1.98. The van der Waals surface area contributed by atoms with E-state index in [1.54, 1.807) is 0 Å². The molecule has 0 saturated carbocycles. The summed E-state index contributed by atoms with van der Waals surface area (Å²) in [7, 11) is 1.45. The van der Waals surface area contributed by atoms with Gasteiger partial charge in [0, 0.05) is 26.2 Å². The van der Waals surface area contributed by atoms with Crippen molar-refractivity contribution in [3.63, 3.8) is 0 Å². The van der Waals surface area contributed by atoms with Crippen LogP contribution in [0.4, 0.5) is 0 Å². The molecule has 2 atom stereocenters. The summed E-state index contributed by atoms with van der Waals surface area (Å²) in [4.78, 5) is 18.5. The molecule has 1 aliphatic rings. The summed E-state index contributed by atoms with van der Waals surface area (Å²) >= 11 is 0. The number of aliphatic imine (C=N–C) groups is 1. The van der Waals surface area contributed by atoms with Gasteiger partial charge in [0.2, 0.25) is 0 Å². The SMILES string of the molecule is CCNC(=NCCOCC(C)C)N1CC(C)C(C(=O)OC)C1.I. The largest absolute Gasteiger partial charge is 0.469 e. The summed E-state index contributed by atoms with van der Waals surface area (Å²) in [5.41, 5.74) is 0. The molecule has 0 radical (unpaired) electrons. The Kier molecular flexibility index (Phi) is 11.6. The van der Waals surface area contributed by atoms with E-state index < -0.39 is 0 Å². The first-order chi connectivity index (χ1) is 10.5. The second kappa shape index (κ2) is 11.9. The first-order valence-corrected chi connectivity index (χ1v) is 8.18. The van der Waals surface area contributed by atoms with Crippen LogP contribution in [-0.4, -0.2) is 63.3 Å². The number of carbonyl (C=O) groups excluding carboxylic acids is 1. The van der Waals surface area contributed by atoms with Gasteiger partial charge >= 0.3 is 5.97 Å². The standard InChI is InChI=1S/C16H31N3O3.HI/c1-6-17-16(18-7-8-22-11-12(2)3)19-9-13(4)14(10-19)15(20)21-5;/h12-14H,6-11H2,1-5H3,(H,17,18);1H. The van der Waals surface area contributed by atoms with Gasteiger partial charge in [-0.05, 0) is 18.8 Å². The molecule has 1 heterocycles. The summed E-state index contributed by atoms with van der Waals surface area (Å²) in [6, 6.07) is 0. The van der Waals surface area contributed by atoms with Gasteiger partial charge in [0.15, 0.2) is 5.96 Å². The number of rotatable bonds is 7. The number of hydrogen-bond acceptors (Lipinski definition) is 4. The highest BCUT2D eigenvalue weighted by atomic mass is 127. The van der Waals surface area contributed by atoms with Gasteiger partial charge in [-0.3, -0.25) is 9.79 Å². The van der Waals surface area contributed by atoms with Crippen molar-refractivity contribution in [2.45, 2.75) is 27.7 Å². The number of nitrogens with one attached hydrogen (secondary N) is 1. The van der Waals surface area contributed by atoms with Crippen LogP contribution in [0.1, 0.15) is 27.7 Å². The molecule has 0 aromatic heterocycles. The average molecular weight is 441 g/mol. The molecule has 0 aromatic carbocycles. The highest BCUT2D eigenvalue weighted by Crippen LogP contribution is 2.24. The van der Waals surface area contributed by atoms with Gasteiger partial charge in [-0.2, -0.15) is 0 Å². The number of likely N-dealkylation sites (tertiary alicyclic amines) is 1. The second-order valence-electron chi connectivity index (χ2n) is 6.22. The molecule has 0 amide bonds. The van der Waals surface area contributed by atoms with E-state index >= 15 is 0 Å². The van der Waals surface area contributed by atoms with Crippen LogP contribution in [0.2, 0.25) is 0 Å². The molecule has 2 unspecified atom stereocenters. The number of methoxy groups -OCH3 is 1. The molecule has 1 rings (SSSR count). The number of hydrogen-bond donors (Lipinski definition) is 1. The lowest BCUT2D eigenvalue weighted by atomic mass is 9.99. The molecule has 1 saturated heterocycles. The lowest BCUT2D eigenvalue weighted by molar-refractivity contribution is -0.145. The first-order valence-electron chi connectivity index (χ1n) is 8.18. The van der Waals surface area contributed by atoms with Crippen molar-refractivity contribution in [1.82, 2.24) is 10.2 Å². The summed E-state index contributed by atoms with van der Waals surface area (Å²) in [5, 5.41) is 3.29. The zero-order chi connectivity index (χ0) is 16.5. The molecule has 0 bridgehead atoms. The van der Waals surface area contributed by atoms with Crippen molar-refractivity contribution in [2.24, 2.45) is 22.7 Å². The maximum absolute atomic E-state index is 11.8. The number of guanidine groups is 1. The van der Waals surface area contributed by atoms with Crippen molar-refractivity contribution in [3.05, 3.63) is 0 Å². The predicted molar refractivity (Wildman–Crippen MR) is 103 cm³/mol. The molecule has 6 nitrogen and oxygen atoms in total. The lowest BCUT2D eigenvalue weighted by Crippen LogP contribution is -2.40. The highest BCUT2D eigenvalue weighted by molar-refractivity contribution is 14.0. The molecule has 1 N–H and O–H groups in total. The van der Waals surface area contributed by atoms with Crippen molar-refractivity contribution in [2.75, 3.05) is 46.5 Å². The molecular weight excluding hydrogens is 409 g/mol. The van der Waals surface area contributed by atoms with Crippen LogP contribution in [0, 0.1) is 17.8 Å². The van der Waals surface area contributed by atoms with E-state index in [1.807, 2.05) is 6.92 Å². The number of carbonyl (C=O) groups is 1. The molecule has 1 aliphatic heterocycles. The molecule has 1 fully saturated rings. The maximum Gasteiger partial charge on any atom is 0.310 e. The Morgan fingerprint density at radius 3 is 2.65 bits per heavy atom. The molecule has 23 heavy (non-hydrogen) atoms. The second-order valence-corrected chi connectivity index (χ2v) is 6.22. The third kappa shape index (κ3) is 7.69. The van der Waals surface area contributed by atoms with E-state index in [0.717, 1.165) is 25.7 Å². The minimum absolute atomic E-state index is 0. The van der Waals surface area contributed by atoms with Gasteiger partial charge in [0.05, 0.1) is 26.2 Å². The van der Waals surface area contributed by atoms with Crippen LogP contribution in [0.3, 0.4) is 0 Å². The average Bonchev–Trinajstić information content (AvgIpc) is 2.86. The van der Waals surface area contributed by atoms with Gasteiger partial charge < -0.3 is 19.7 Å². The Hall–Kier alpha value is -0.570. The van der Waals surface area contributed by atoms with Crippen molar-refractivity contribution in [1.29, 1.82) is 0 Å². The minimum Gasteiger partial charge on any atom is -0.469 e. The first kappa shape index (κ1) is 22.4. The Morgan fingerprint density at radius 2 is 2.09 bits per heavy atom. The Morgan fingerprint density at radius 1 is 1.39 bits per heavy atom. The van der Waals surface area contributed by atoms with E-state index in [2.05, 4.69) is 36.0 Å². The summed E-state index contributed by atoms with van der Waals surface area (Å²) in [6.45, 7) is 12.7. The Bertz CT molecular complexity index is 378. The van der Waals surface area contributed by atoms with Gasteiger partial charge in [-0.15, -0.1) is 24.0 Å². The van der Waals surface area contributed by atoms with E-state index in [0.29, 0.717) is 25.6 Å². The van der Waals surface area contributed by atoms with Crippen molar-refractivity contribution in [3.8, 4) is 0 Å². The molecule has 0 spiro atoms. The lowest BCUT2D eigenvalue weighted by Gasteiger charge is -2.21. The van der Waals surface area contributed by atoms with Crippen LogP contribution in [0.25, 0.3) is 0 Å². The smallest absolute Gasteiger partial charge is 0.310 e. The fourth-order valence-electron chi connectivity index (χ4n) is 2.56. The van der Waals surface area contributed by atoms with Crippen LogP contribution < -0.4 is 5.32 Å². The number of nitrogens with zero attached hydrogens (tertiary/aromatic N) is 2. The summed E-state index contributed by atoms with van der Waals surface area (Å²) < 4.78 is 10.4. The quantitative estimate of drug-likeness (QED) is 0.215. The van der Waals surface area contributed by atoms with E-state index in [4.69, 9.17) is 9.47 Å². The van der Waals surface area contributed by atoms with Crippen LogP contribution in [0.15, 0.2) is 4.99 Å². The third-order valence-electron chi connectivity index (χ3n) is 3.70. The van der Waals surface area contributed by atoms with Crippen molar-refractivity contribution < 1.29 is 14.3 Å². The Balaban J connectivity index is 0.00000484. The van der Waals surface area contributed by atoms with Crippen LogP contribution in [0.5, 0.6) is 0 Å². The minimum atomic E-state index is -0.133. The van der Waals surface area contributed by atoms with Crippen molar-refractivity contribution >= 4 is 35.9 Å². The number of esters is 1. The van der Waals surface area contributed by atoms with E-state index in [-0.39, 0.29) is 41.8 Å². The fraction of sp³-hybridized carbons (Fsp3) is 0.875. The third-order valence-corrected chi connectivity index (χ3v) is 3.70. The molecule has 0 aromatic rings. The summed E-state index contributed by atoms with van der Waals surface area (Å²) in [6.07, 6.45) is 0. The highest BCUT2D eigenvalue weighted by Gasteiger charge is 2.36. The normalized spacial score (nSPS) is 21.3. The molecule has 7 heteroatoms. The number of ether oxygens (including phenoxy) is 2. The summed E-state index contributed by atoms with van der Waals surface area (Å²) in [5.74, 6) is 1.46. The van der Waals surface area contributed by atoms with Gasteiger partial charge in [-0.1, -0.05) is 20.8 Å². The molecule has 0 aliphatic carbocycles. The zero-order valence-corrected chi connectivity index (χ0v) is 17.3. The topological polar surface area (TPSA) is 63.2 Å². The fourth-order valence-corrected chi connectivity index (χ4v) is 2.56. The van der Waals surface area contributed by atoms with Gasteiger partial charge in [-0.25, -0.2) is 0 Å². The van der Waals surface area contributed by atoms with Gasteiger partial charge in [0.25, 0.3) is 0 Å². The van der Waals surface area contributed by atoms with Crippen LogP contribution >= 0.6 is 24.0 Å². The van der Waals surface area contributed by atoms with Gasteiger partial charge in [0.1, 0.15) is 0 Å². The monoisotopic (exact) mass is 441 g/mol. The molecule has 136 valence electrons. The van der Waals surface area contributed by atoms with E-state index in [9.17, 15) is 4.79 Å². The Labute approximate surface area is 157 Å². The number of halogens is 1. The van der Waals surface area contributed by atoms with Crippen LogP contribution in [-0.2, 0) is 14.3 Å². The zero-order valence-electron chi connectivity index (χ0n) is 15.0. The van der Waals surface area contributed by atoms with E-state index in [1.165, 1.54) is 7.11 Å². The maximum atomic E-state index is 11.8.